The first-order valence-corrected chi connectivity index (χ1v) is 9.69. The van der Waals surface area contributed by atoms with Crippen LogP contribution in [0.25, 0.3) is 0 Å². The van der Waals surface area contributed by atoms with Crippen molar-refractivity contribution in [3.8, 4) is 0 Å². The molecule has 156 valence electrons. The van der Waals surface area contributed by atoms with Gasteiger partial charge in [0.15, 0.2) is 0 Å². The summed E-state index contributed by atoms with van der Waals surface area (Å²) in [6.07, 6.45) is -2.39. The Balaban J connectivity index is 1.51. The van der Waals surface area contributed by atoms with Crippen LogP contribution < -0.4 is 4.90 Å². The summed E-state index contributed by atoms with van der Waals surface area (Å²) >= 11 is 0. The van der Waals surface area contributed by atoms with E-state index >= 15 is 0 Å². The Kier molecular flexibility index (Phi) is 4.59. The predicted molar refractivity (Wildman–Crippen MR) is 102 cm³/mol. The summed E-state index contributed by atoms with van der Waals surface area (Å²) in [6.45, 7) is 7.82. The molecule has 4 rings (SSSR count). The minimum Gasteiger partial charge on any atom is -0.354 e. The summed E-state index contributed by atoms with van der Waals surface area (Å²) < 4.78 is 39.1. The highest BCUT2D eigenvalue weighted by molar-refractivity contribution is 5.93. The first-order chi connectivity index (χ1) is 13.5. The first kappa shape index (κ1) is 19.7. The number of aromatic nitrogens is 3. The van der Waals surface area contributed by atoms with Gasteiger partial charge in [0.2, 0.25) is 0 Å². The number of rotatable bonds is 2. The van der Waals surface area contributed by atoms with Gasteiger partial charge in [0, 0.05) is 42.9 Å². The van der Waals surface area contributed by atoms with Crippen LogP contribution in [0.2, 0.25) is 0 Å². The van der Waals surface area contributed by atoms with Crippen LogP contribution in [0.15, 0.2) is 24.4 Å². The van der Waals surface area contributed by atoms with Gasteiger partial charge < -0.3 is 9.80 Å². The fraction of sp³-hybridized carbons (Fsp3) is 0.550. The molecule has 9 heteroatoms. The topological polar surface area (TPSA) is 65.1 Å². The molecule has 0 aliphatic carbocycles. The fourth-order valence-corrected chi connectivity index (χ4v) is 4.13. The van der Waals surface area contributed by atoms with E-state index in [0.717, 1.165) is 24.2 Å². The van der Waals surface area contributed by atoms with Crippen molar-refractivity contribution in [3.05, 3.63) is 41.3 Å². The number of pyridine rings is 1. The van der Waals surface area contributed by atoms with Crippen molar-refractivity contribution in [2.45, 2.75) is 44.8 Å². The largest absolute Gasteiger partial charge is 0.416 e. The molecule has 6 nitrogen and oxygen atoms in total. The molecule has 2 unspecified atom stereocenters. The number of halogens is 3. The summed E-state index contributed by atoms with van der Waals surface area (Å²) in [6, 6.07) is 3.79. The van der Waals surface area contributed by atoms with Crippen molar-refractivity contribution in [1.29, 1.82) is 0 Å². The monoisotopic (exact) mass is 407 g/mol. The molecule has 1 N–H and O–H groups in total. The van der Waals surface area contributed by atoms with Crippen molar-refractivity contribution in [1.82, 2.24) is 20.1 Å². The summed E-state index contributed by atoms with van der Waals surface area (Å²) in [7, 11) is 0. The van der Waals surface area contributed by atoms with Crippen LogP contribution in [0.5, 0.6) is 0 Å². The number of nitrogens with one attached hydrogen (secondary N) is 1. The fourth-order valence-electron chi connectivity index (χ4n) is 4.13. The Morgan fingerprint density at radius 2 is 1.97 bits per heavy atom. The number of amides is 1. The number of hydrogen-bond donors (Lipinski definition) is 1. The molecule has 0 spiro atoms. The second-order valence-electron chi connectivity index (χ2n) is 8.84. The molecule has 2 atom stereocenters. The molecule has 2 aliphatic rings. The van der Waals surface area contributed by atoms with Gasteiger partial charge in [-0.3, -0.25) is 9.89 Å². The number of carbonyl (C=O) groups excluding carboxylic acids is 1. The molecule has 0 radical (unpaired) electrons. The highest BCUT2D eigenvalue weighted by Gasteiger charge is 2.44. The van der Waals surface area contributed by atoms with Crippen LogP contribution in [-0.2, 0) is 11.6 Å². The lowest BCUT2D eigenvalue weighted by Gasteiger charge is -2.25. The second kappa shape index (κ2) is 6.74. The Bertz CT molecular complexity index is 917. The number of aromatic amines is 1. The minimum atomic E-state index is -4.40. The van der Waals surface area contributed by atoms with Gasteiger partial charge in [-0.1, -0.05) is 20.8 Å². The smallest absolute Gasteiger partial charge is 0.354 e. The SMILES string of the molecule is CC(C)(C)c1cc(C(=O)N2CCC3CN(c4cc(C(F)(F)F)ccn4)CC32)n[nH]1. The quantitative estimate of drug-likeness (QED) is 0.828. The molecule has 2 aromatic heterocycles. The van der Waals surface area contributed by atoms with Crippen molar-refractivity contribution in [2.75, 3.05) is 24.5 Å². The van der Waals surface area contributed by atoms with E-state index in [-0.39, 0.29) is 23.3 Å². The lowest BCUT2D eigenvalue weighted by atomic mass is 9.92. The minimum absolute atomic E-state index is 0.0476. The summed E-state index contributed by atoms with van der Waals surface area (Å²) in [5.41, 5.74) is 0.418. The van der Waals surface area contributed by atoms with Gasteiger partial charge in [-0.05, 0) is 24.6 Å². The zero-order valence-corrected chi connectivity index (χ0v) is 16.6. The average Bonchev–Trinajstić information content (AvgIpc) is 3.35. The van der Waals surface area contributed by atoms with E-state index in [1.807, 2.05) is 25.7 Å². The van der Waals surface area contributed by atoms with Crippen molar-refractivity contribution in [2.24, 2.45) is 5.92 Å². The Labute approximate surface area is 167 Å². The third-order valence-electron chi connectivity index (χ3n) is 5.81. The number of nitrogens with zero attached hydrogens (tertiary/aromatic N) is 4. The molecule has 2 aromatic rings. The molecule has 0 bridgehead atoms. The highest BCUT2D eigenvalue weighted by Crippen LogP contribution is 2.36. The number of hydrogen-bond acceptors (Lipinski definition) is 4. The number of anilines is 1. The van der Waals surface area contributed by atoms with Gasteiger partial charge in [-0.25, -0.2) is 4.98 Å². The maximum absolute atomic E-state index is 13.0. The van der Waals surface area contributed by atoms with Crippen molar-refractivity contribution >= 4 is 11.7 Å². The van der Waals surface area contributed by atoms with E-state index in [1.165, 1.54) is 6.20 Å². The molecule has 29 heavy (non-hydrogen) atoms. The number of H-pyrrole nitrogens is 1. The number of likely N-dealkylation sites (tertiary alicyclic amines) is 1. The van der Waals surface area contributed by atoms with E-state index in [4.69, 9.17) is 0 Å². The van der Waals surface area contributed by atoms with Crippen LogP contribution in [0, 0.1) is 5.92 Å². The van der Waals surface area contributed by atoms with E-state index in [1.54, 1.807) is 11.0 Å². The summed E-state index contributed by atoms with van der Waals surface area (Å²) in [5.74, 6) is 0.385. The van der Waals surface area contributed by atoms with Crippen LogP contribution in [0.4, 0.5) is 19.0 Å². The molecule has 0 aromatic carbocycles. The van der Waals surface area contributed by atoms with E-state index in [2.05, 4.69) is 15.2 Å². The first-order valence-electron chi connectivity index (χ1n) is 9.69. The van der Waals surface area contributed by atoms with E-state index in [9.17, 15) is 18.0 Å². The molecule has 2 aliphatic heterocycles. The van der Waals surface area contributed by atoms with Gasteiger partial charge in [-0.15, -0.1) is 0 Å². The van der Waals surface area contributed by atoms with Gasteiger partial charge >= 0.3 is 6.18 Å². The third kappa shape index (κ3) is 3.70. The summed E-state index contributed by atoms with van der Waals surface area (Å²) in [4.78, 5) is 20.8. The number of carbonyl (C=O) groups is 1. The number of fused-ring (bicyclic) bond motifs is 1. The molecule has 4 heterocycles. The average molecular weight is 407 g/mol. The molecular weight excluding hydrogens is 383 g/mol. The maximum Gasteiger partial charge on any atom is 0.416 e. The lowest BCUT2D eigenvalue weighted by Crippen LogP contribution is -2.40. The zero-order valence-electron chi connectivity index (χ0n) is 16.6. The molecular formula is C20H24F3N5O. The lowest BCUT2D eigenvalue weighted by molar-refractivity contribution is -0.137. The molecule has 2 fully saturated rings. The second-order valence-corrected chi connectivity index (χ2v) is 8.84. The third-order valence-corrected chi connectivity index (χ3v) is 5.81. The maximum atomic E-state index is 13.0. The Hall–Kier alpha value is -2.58. The number of alkyl halides is 3. The molecule has 2 saturated heterocycles. The zero-order chi connectivity index (χ0) is 21.0. The van der Waals surface area contributed by atoms with Gasteiger partial charge in [0.05, 0.1) is 11.6 Å². The predicted octanol–water partition coefficient (Wildman–Crippen LogP) is 3.47. The van der Waals surface area contributed by atoms with Gasteiger partial charge in [-0.2, -0.15) is 18.3 Å². The van der Waals surface area contributed by atoms with Crippen LogP contribution >= 0.6 is 0 Å². The summed E-state index contributed by atoms with van der Waals surface area (Å²) in [5, 5.41) is 7.13. The molecule has 1 amide bonds. The normalized spacial score (nSPS) is 22.3. The highest BCUT2D eigenvalue weighted by atomic mass is 19.4. The van der Waals surface area contributed by atoms with Crippen LogP contribution in [-0.4, -0.2) is 51.7 Å². The van der Waals surface area contributed by atoms with Crippen molar-refractivity contribution < 1.29 is 18.0 Å². The van der Waals surface area contributed by atoms with Crippen LogP contribution in [0.1, 0.15) is 48.9 Å². The van der Waals surface area contributed by atoms with Crippen LogP contribution in [0.3, 0.4) is 0 Å². The van der Waals surface area contributed by atoms with Gasteiger partial charge in [0.25, 0.3) is 5.91 Å². The van der Waals surface area contributed by atoms with Crippen molar-refractivity contribution in [3.63, 3.8) is 0 Å². The molecule has 0 saturated carbocycles. The van der Waals surface area contributed by atoms with E-state index in [0.29, 0.717) is 31.1 Å². The van der Waals surface area contributed by atoms with E-state index < -0.39 is 11.7 Å². The standard InChI is InChI=1S/C20H24F3N5O/c1-19(2,3)16-9-14(25-26-16)18(29)28-7-5-12-10-27(11-15(12)28)17-8-13(4-6-24-17)20(21,22)23/h4,6,8-9,12,15H,5,7,10-11H2,1-3H3,(H,25,26). The Morgan fingerprint density at radius 1 is 1.21 bits per heavy atom. The Morgan fingerprint density at radius 3 is 2.62 bits per heavy atom. The van der Waals surface area contributed by atoms with Gasteiger partial charge in [0.1, 0.15) is 11.5 Å².